The molecule has 0 amide bonds. The average Bonchev–Trinajstić information content (AvgIpc) is 2.13. The van der Waals surface area contributed by atoms with Crippen LogP contribution in [-0.2, 0) is 0 Å². The van der Waals surface area contributed by atoms with Crippen LogP contribution in [0.4, 0.5) is 0 Å². The predicted octanol–water partition coefficient (Wildman–Crippen LogP) is -0.0251. The number of nitrogens with two attached hydrogens (primary N) is 1. The predicted molar refractivity (Wildman–Crippen MR) is 47.3 cm³/mol. The molecule has 2 atom stereocenters. The van der Waals surface area contributed by atoms with Crippen LogP contribution in [0.15, 0.2) is 0 Å². The third-order valence-electron chi connectivity index (χ3n) is 2.20. The Kier molecular flexibility index (Phi) is 3.30. The molecule has 1 saturated heterocycles. The first-order valence-corrected chi connectivity index (χ1v) is 4.43. The number of nitrogens with one attached hydrogen (secondary N) is 1. The molecule has 2 unspecified atom stereocenters. The highest BCUT2D eigenvalue weighted by molar-refractivity contribution is 4.74. The van der Waals surface area contributed by atoms with E-state index in [1.165, 1.54) is 6.42 Å². The number of rotatable bonds is 1. The van der Waals surface area contributed by atoms with Crippen LogP contribution in [0, 0.1) is 0 Å². The molecule has 11 heavy (non-hydrogen) atoms. The minimum Gasteiger partial charge on any atom is -0.316 e. The Morgan fingerprint density at radius 1 is 1.64 bits per heavy atom. The Labute approximate surface area is 68.9 Å². The average molecular weight is 157 g/mol. The van der Waals surface area contributed by atoms with Crippen LogP contribution < -0.4 is 11.1 Å². The van der Waals surface area contributed by atoms with Crippen molar-refractivity contribution in [3.05, 3.63) is 0 Å². The molecule has 1 rings (SSSR count). The maximum Gasteiger partial charge on any atom is 0.0543 e. The van der Waals surface area contributed by atoms with Crippen molar-refractivity contribution in [2.45, 2.75) is 32.5 Å². The molecule has 3 nitrogen and oxygen atoms in total. The van der Waals surface area contributed by atoms with Gasteiger partial charge in [0.2, 0.25) is 0 Å². The van der Waals surface area contributed by atoms with E-state index in [1.807, 2.05) is 0 Å². The zero-order valence-electron chi connectivity index (χ0n) is 7.51. The zero-order valence-corrected chi connectivity index (χ0v) is 7.51. The van der Waals surface area contributed by atoms with Gasteiger partial charge in [0.05, 0.1) is 6.17 Å². The fourth-order valence-corrected chi connectivity index (χ4v) is 1.51. The summed E-state index contributed by atoms with van der Waals surface area (Å²) in [6.45, 7) is 7.61. The van der Waals surface area contributed by atoms with E-state index < -0.39 is 0 Å². The molecule has 0 radical (unpaired) electrons. The smallest absolute Gasteiger partial charge is 0.0543 e. The van der Waals surface area contributed by atoms with Crippen molar-refractivity contribution in [2.75, 3.05) is 19.6 Å². The van der Waals surface area contributed by atoms with Gasteiger partial charge in [-0.15, -0.1) is 0 Å². The molecule has 0 aromatic rings. The van der Waals surface area contributed by atoms with Gasteiger partial charge in [-0.2, -0.15) is 0 Å². The molecule has 0 aromatic carbocycles. The number of nitrogens with zero attached hydrogens (tertiary/aromatic N) is 1. The van der Waals surface area contributed by atoms with E-state index in [1.54, 1.807) is 0 Å². The summed E-state index contributed by atoms with van der Waals surface area (Å²) in [6, 6.07) is 0.587. The van der Waals surface area contributed by atoms with E-state index in [2.05, 4.69) is 24.1 Å². The highest BCUT2D eigenvalue weighted by atomic mass is 15.2. The summed E-state index contributed by atoms with van der Waals surface area (Å²) in [6.07, 6.45) is 1.42. The molecule has 1 heterocycles. The lowest BCUT2D eigenvalue weighted by Gasteiger charge is -2.25. The number of hydrogen-bond acceptors (Lipinski definition) is 3. The molecule has 1 fully saturated rings. The van der Waals surface area contributed by atoms with Crippen LogP contribution in [-0.4, -0.2) is 36.7 Å². The van der Waals surface area contributed by atoms with Gasteiger partial charge in [0.25, 0.3) is 0 Å². The van der Waals surface area contributed by atoms with Gasteiger partial charge >= 0.3 is 0 Å². The van der Waals surface area contributed by atoms with Crippen molar-refractivity contribution < 1.29 is 0 Å². The number of hydrogen-bond donors (Lipinski definition) is 2. The molecular weight excluding hydrogens is 138 g/mol. The van der Waals surface area contributed by atoms with E-state index >= 15 is 0 Å². The van der Waals surface area contributed by atoms with Crippen molar-refractivity contribution in [3.63, 3.8) is 0 Å². The molecule has 0 aromatic heterocycles. The minimum absolute atomic E-state index is 0.206. The molecular formula is C8H19N3. The fourth-order valence-electron chi connectivity index (χ4n) is 1.51. The van der Waals surface area contributed by atoms with Crippen LogP contribution in [0.5, 0.6) is 0 Å². The quantitative estimate of drug-likeness (QED) is 0.562. The van der Waals surface area contributed by atoms with Crippen molar-refractivity contribution in [2.24, 2.45) is 5.73 Å². The normalized spacial score (nSPS) is 31.4. The second-order valence-electron chi connectivity index (χ2n) is 3.44. The second kappa shape index (κ2) is 4.04. The Bertz CT molecular complexity index is 114. The highest BCUT2D eigenvalue weighted by Crippen LogP contribution is 2.01. The van der Waals surface area contributed by atoms with Crippen LogP contribution in [0.3, 0.4) is 0 Å². The van der Waals surface area contributed by atoms with Gasteiger partial charge < -0.3 is 11.1 Å². The van der Waals surface area contributed by atoms with Gasteiger partial charge in [0.15, 0.2) is 0 Å². The first-order valence-electron chi connectivity index (χ1n) is 4.43. The van der Waals surface area contributed by atoms with Gasteiger partial charge in [-0.3, -0.25) is 4.90 Å². The lowest BCUT2D eigenvalue weighted by atomic mass is 10.3. The molecule has 3 heteroatoms. The maximum absolute atomic E-state index is 5.80. The molecule has 0 spiro atoms. The minimum atomic E-state index is 0.206. The Morgan fingerprint density at radius 3 is 3.00 bits per heavy atom. The summed E-state index contributed by atoms with van der Waals surface area (Å²) in [7, 11) is 0. The molecule has 1 aliphatic heterocycles. The van der Waals surface area contributed by atoms with Crippen molar-refractivity contribution in [3.8, 4) is 0 Å². The highest BCUT2D eigenvalue weighted by Gasteiger charge is 2.15. The lowest BCUT2D eigenvalue weighted by Crippen LogP contribution is -2.44. The molecule has 0 saturated carbocycles. The summed E-state index contributed by atoms with van der Waals surface area (Å²) in [5.41, 5.74) is 5.80. The van der Waals surface area contributed by atoms with E-state index in [4.69, 9.17) is 5.73 Å². The van der Waals surface area contributed by atoms with Gasteiger partial charge in [-0.1, -0.05) is 0 Å². The summed E-state index contributed by atoms with van der Waals surface area (Å²) < 4.78 is 0. The summed E-state index contributed by atoms with van der Waals surface area (Å²) >= 11 is 0. The standard InChI is InChI=1S/C8H19N3/c1-7-6-11(8(2)9)5-3-4-10-7/h7-8,10H,3-6,9H2,1-2H3. The summed E-state index contributed by atoms with van der Waals surface area (Å²) in [4.78, 5) is 2.32. The third kappa shape index (κ3) is 2.77. The van der Waals surface area contributed by atoms with Crippen LogP contribution >= 0.6 is 0 Å². The molecule has 0 bridgehead atoms. The Balaban J connectivity index is 2.39. The van der Waals surface area contributed by atoms with E-state index in [-0.39, 0.29) is 6.17 Å². The van der Waals surface area contributed by atoms with Gasteiger partial charge in [-0.25, -0.2) is 0 Å². The third-order valence-corrected chi connectivity index (χ3v) is 2.20. The van der Waals surface area contributed by atoms with Crippen LogP contribution in [0.25, 0.3) is 0 Å². The summed E-state index contributed by atoms with van der Waals surface area (Å²) in [5, 5.41) is 3.43. The second-order valence-corrected chi connectivity index (χ2v) is 3.44. The van der Waals surface area contributed by atoms with Gasteiger partial charge in [-0.05, 0) is 26.8 Å². The van der Waals surface area contributed by atoms with Crippen molar-refractivity contribution in [1.29, 1.82) is 0 Å². The van der Waals surface area contributed by atoms with Crippen molar-refractivity contribution >= 4 is 0 Å². The van der Waals surface area contributed by atoms with Crippen molar-refractivity contribution in [1.82, 2.24) is 10.2 Å². The molecule has 3 N–H and O–H groups in total. The largest absolute Gasteiger partial charge is 0.316 e. The van der Waals surface area contributed by atoms with E-state index in [0.717, 1.165) is 19.6 Å². The monoisotopic (exact) mass is 157 g/mol. The fraction of sp³-hybridized carbons (Fsp3) is 1.00. The molecule has 1 aliphatic rings. The Morgan fingerprint density at radius 2 is 2.36 bits per heavy atom. The first-order chi connectivity index (χ1) is 5.20. The molecule has 0 aliphatic carbocycles. The van der Waals surface area contributed by atoms with E-state index in [0.29, 0.717) is 6.04 Å². The topological polar surface area (TPSA) is 41.3 Å². The maximum atomic E-state index is 5.80. The van der Waals surface area contributed by atoms with Crippen LogP contribution in [0.1, 0.15) is 20.3 Å². The van der Waals surface area contributed by atoms with Gasteiger partial charge in [0, 0.05) is 19.1 Å². The first kappa shape index (κ1) is 8.97. The van der Waals surface area contributed by atoms with Crippen LogP contribution in [0.2, 0.25) is 0 Å². The lowest BCUT2D eigenvalue weighted by molar-refractivity contribution is 0.213. The molecule has 66 valence electrons. The summed E-state index contributed by atoms with van der Waals surface area (Å²) in [5.74, 6) is 0. The zero-order chi connectivity index (χ0) is 8.27. The SMILES string of the molecule is CC1CN(C(C)N)CCCN1. The Hall–Kier alpha value is -0.120. The van der Waals surface area contributed by atoms with Gasteiger partial charge in [0.1, 0.15) is 0 Å². The van der Waals surface area contributed by atoms with E-state index in [9.17, 15) is 0 Å².